The number of hydrogen-bond donors (Lipinski definition) is 0. The first-order chi connectivity index (χ1) is 6.92. The Morgan fingerprint density at radius 2 is 2.21 bits per heavy atom. The first kappa shape index (κ1) is 9.51. The highest BCUT2D eigenvalue weighted by Gasteiger charge is 2.12. The van der Waals surface area contributed by atoms with Gasteiger partial charge in [-0.1, -0.05) is 37.6 Å². The van der Waals surface area contributed by atoms with E-state index in [-0.39, 0.29) is 0 Å². The van der Waals surface area contributed by atoms with Gasteiger partial charge in [0.2, 0.25) is 0 Å². The van der Waals surface area contributed by atoms with Crippen LogP contribution in [0.25, 0.3) is 0 Å². The Kier molecular flexibility index (Phi) is 3.03. The molecular weight excluding hydrogens is 168 g/mol. The summed E-state index contributed by atoms with van der Waals surface area (Å²) in [5, 5.41) is 0. The smallest absolute Gasteiger partial charge is 0.00850 e. The van der Waals surface area contributed by atoms with Crippen LogP contribution in [-0.4, -0.2) is 0 Å². The van der Waals surface area contributed by atoms with E-state index in [1.54, 1.807) is 5.57 Å². The van der Waals surface area contributed by atoms with E-state index in [1.807, 2.05) is 0 Å². The maximum Gasteiger partial charge on any atom is -0.00850 e. The molecule has 0 unspecified atom stereocenters. The van der Waals surface area contributed by atoms with Gasteiger partial charge >= 0.3 is 0 Å². The van der Waals surface area contributed by atoms with Crippen molar-refractivity contribution in [3.63, 3.8) is 0 Å². The maximum absolute atomic E-state index is 3.41. The molecule has 0 saturated carbocycles. The van der Waals surface area contributed by atoms with E-state index in [2.05, 4.69) is 37.3 Å². The van der Waals surface area contributed by atoms with Crippen LogP contribution in [0.5, 0.6) is 0 Å². The number of hydrogen-bond acceptors (Lipinski definition) is 0. The molecule has 2 aliphatic rings. The van der Waals surface area contributed by atoms with Crippen LogP contribution >= 0.6 is 0 Å². The second-order valence-corrected chi connectivity index (χ2v) is 3.91. The summed E-state index contributed by atoms with van der Waals surface area (Å²) >= 11 is 0. The molecule has 0 spiro atoms. The molecule has 0 N–H and O–H groups in total. The predicted molar refractivity (Wildman–Crippen MR) is 60.8 cm³/mol. The van der Waals surface area contributed by atoms with E-state index in [0.29, 0.717) is 0 Å². The minimum absolute atomic E-state index is 1.000. The van der Waals surface area contributed by atoms with E-state index in [4.69, 9.17) is 0 Å². The van der Waals surface area contributed by atoms with Crippen molar-refractivity contribution in [2.45, 2.75) is 39.0 Å². The van der Waals surface area contributed by atoms with Crippen LogP contribution in [0.1, 0.15) is 39.0 Å². The normalized spacial score (nSPS) is 19.6. The molecular formula is C14H17. The van der Waals surface area contributed by atoms with E-state index in [0.717, 1.165) is 12.8 Å². The number of unbranched alkanes of at least 4 members (excludes halogenated alkanes) is 1. The molecule has 0 aliphatic heterocycles. The van der Waals surface area contributed by atoms with Gasteiger partial charge in [0.05, 0.1) is 0 Å². The van der Waals surface area contributed by atoms with Crippen molar-refractivity contribution in [2.75, 3.05) is 0 Å². The van der Waals surface area contributed by atoms with Gasteiger partial charge in [-0.3, -0.25) is 0 Å². The first-order valence-corrected chi connectivity index (χ1v) is 5.58. The molecule has 0 aromatic carbocycles. The molecule has 0 amide bonds. The Labute approximate surface area is 86.7 Å². The van der Waals surface area contributed by atoms with Gasteiger partial charge < -0.3 is 0 Å². The lowest BCUT2D eigenvalue weighted by molar-refractivity contribution is 0.795. The van der Waals surface area contributed by atoms with E-state index in [1.165, 1.54) is 30.4 Å². The summed E-state index contributed by atoms with van der Waals surface area (Å²) < 4.78 is 0. The number of rotatable bonds is 4. The van der Waals surface area contributed by atoms with E-state index >= 15 is 0 Å². The average molecular weight is 185 g/mol. The van der Waals surface area contributed by atoms with Gasteiger partial charge in [-0.2, -0.15) is 0 Å². The van der Waals surface area contributed by atoms with Gasteiger partial charge in [-0.25, -0.2) is 0 Å². The standard InChI is InChI=1S/C14H17/c1-2-3-7-12-10-6-11-14(12)13-8-4-5-9-13/h4,6,8,10H,2-3,5,7,11H2,1H3. The third-order valence-corrected chi connectivity index (χ3v) is 2.85. The lowest BCUT2D eigenvalue weighted by Crippen LogP contribution is -1.87. The van der Waals surface area contributed by atoms with Crippen molar-refractivity contribution in [3.8, 4) is 0 Å². The Morgan fingerprint density at radius 1 is 1.29 bits per heavy atom. The Morgan fingerprint density at radius 3 is 2.93 bits per heavy atom. The fourth-order valence-corrected chi connectivity index (χ4v) is 2.05. The Bertz CT molecular complexity index is 324. The zero-order valence-electron chi connectivity index (χ0n) is 8.84. The van der Waals surface area contributed by atoms with Crippen LogP contribution < -0.4 is 0 Å². The molecule has 14 heavy (non-hydrogen) atoms. The quantitative estimate of drug-likeness (QED) is 0.618. The Hall–Kier alpha value is -1.04. The molecule has 73 valence electrons. The summed E-state index contributed by atoms with van der Waals surface area (Å²) in [6.45, 7) is 2.25. The molecule has 0 aromatic heterocycles. The molecule has 0 atom stereocenters. The van der Waals surface area contributed by atoms with Gasteiger partial charge in [0, 0.05) is 0 Å². The van der Waals surface area contributed by atoms with Crippen molar-refractivity contribution >= 4 is 0 Å². The van der Waals surface area contributed by atoms with E-state index in [9.17, 15) is 0 Å². The third-order valence-electron chi connectivity index (χ3n) is 2.85. The van der Waals surface area contributed by atoms with Crippen LogP contribution in [0, 0.1) is 6.08 Å². The van der Waals surface area contributed by atoms with Crippen molar-refractivity contribution in [1.29, 1.82) is 0 Å². The molecule has 0 heterocycles. The topological polar surface area (TPSA) is 0 Å². The lowest BCUT2D eigenvalue weighted by atomic mass is 9.99. The molecule has 1 radical (unpaired) electrons. The third kappa shape index (κ3) is 1.89. The molecule has 2 aliphatic carbocycles. The summed E-state index contributed by atoms with van der Waals surface area (Å²) in [6.07, 6.45) is 18.3. The zero-order valence-corrected chi connectivity index (χ0v) is 8.84. The highest BCUT2D eigenvalue weighted by Crippen LogP contribution is 2.31. The van der Waals surface area contributed by atoms with Crippen LogP contribution in [0.4, 0.5) is 0 Å². The molecule has 0 bridgehead atoms. The molecule has 0 aromatic rings. The van der Waals surface area contributed by atoms with Gasteiger partial charge in [0.25, 0.3) is 0 Å². The summed E-state index contributed by atoms with van der Waals surface area (Å²) in [5.74, 6) is 0. The van der Waals surface area contributed by atoms with E-state index < -0.39 is 0 Å². The second kappa shape index (κ2) is 4.45. The highest BCUT2D eigenvalue weighted by molar-refractivity contribution is 5.51. The highest BCUT2D eigenvalue weighted by atomic mass is 14.2. The van der Waals surface area contributed by atoms with Crippen LogP contribution in [0.3, 0.4) is 0 Å². The molecule has 2 rings (SSSR count). The average Bonchev–Trinajstić information content (AvgIpc) is 2.84. The largest absolute Gasteiger partial charge is 0.0798 e. The molecule has 0 saturated heterocycles. The zero-order chi connectivity index (χ0) is 9.80. The Balaban J connectivity index is 2.12. The number of allylic oxidation sites excluding steroid dienone is 8. The van der Waals surface area contributed by atoms with Gasteiger partial charge in [-0.05, 0) is 48.5 Å². The van der Waals surface area contributed by atoms with Crippen molar-refractivity contribution in [2.24, 2.45) is 0 Å². The summed E-state index contributed by atoms with van der Waals surface area (Å²) in [6, 6.07) is 0. The molecule has 0 nitrogen and oxygen atoms in total. The predicted octanol–water partition coefficient (Wildman–Crippen LogP) is 4.12. The minimum Gasteiger partial charge on any atom is -0.0798 e. The van der Waals surface area contributed by atoms with Crippen LogP contribution in [0.15, 0.2) is 41.0 Å². The SMILES string of the molecule is CCCCC1=C(C2=[C]CC=C2)CC=C1. The maximum atomic E-state index is 3.41. The van der Waals surface area contributed by atoms with Crippen molar-refractivity contribution in [3.05, 3.63) is 47.1 Å². The minimum atomic E-state index is 1.000. The van der Waals surface area contributed by atoms with Crippen molar-refractivity contribution < 1.29 is 0 Å². The fourth-order valence-electron chi connectivity index (χ4n) is 2.05. The van der Waals surface area contributed by atoms with Crippen LogP contribution in [-0.2, 0) is 0 Å². The second-order valence-electron chi connectivity index (χ2n) is 3.91. The summed E-state index contributed by atoms with van der Waals surface area (Å²) in [4.78, 5) is 0. The summed E-state index contributed by atoms with van der Waals surface area (Å²) in [7, 11) is 0. The first-order valence-electron chi connectivity index (χ1n) is 5.58. The summed E-state index contributed by atoms with van der Waals surface area (Å²) in [5.41, 5.74) is 4.41. The van der Waals surface area contributed by atoms with Gasteiger partial charge in [0.1, 0.15) is 0 Å². The van der Waals surface area contributed by atoms with Gasteiger partial charge in [-0.15, -0.1) is 0 Å². The monoisotopic (exact) mass is 185 g/mol. The molecule has 0 heteroatoms. The van der Waals surface area contributed by atoms with Crippen LogP contribution in [0.2, 0.25) is 0 Å². The lowest BCUT2D eigenvalue weighted by Gasteiger charge is -2.06. The molecule has 0 fully saturated rings. The van der Waals surface area contributed by atoms with Crippen molar-refractivity contribution in [1.82, 2.24) is 0 Å². The van der Waals surface area contributed by atoms with Gasteiger partial charge in [0.15, 0.2) is 0 Å². The fraction of sp³-hybridized carbons (Fsp3) is 0.429.